The van der Waals surface area contributed by atoms with E-state index in [1.807, 2.05) is 31.2 Å². The van der Waals surface area contributed by atoms with E-state index >= 15 is 0 Å². The fraction of sp³-hybridized carbons (Fsp3) is 0.400. The van der Waals surface area contributed by atoms with Crippen LogP contribution in [0.3, 0.4) is 0 Å². The lowest BCUT2D eigenvalue weighted by Crippen LogP contribution is -2.42. The van der Waals surface area contributed by atoms with E-state index in [-0.39, 0.29) is 12.4 Å². The molecule has 2 N–H and O–H groups in total. The minimum absolute atomic E-state index is 0.0816. The van der Waals surface area contributed by atoms with Crippen LogP contribution in [-0.2, 0) is 0 Å². The first-order valence-corrected chi connectivity index (χ1v) is 6.55. The fourth-order valence-corrected chi connectivity index (χ4v) is 1.91. The van der Waals surface area contributed by atoms with E-state index in [1.165, 1.54) is 0 Å². The van der Waals surface area contributed by atoms with Crippen molar-refractivity contribution in [1.29, 1.82) is 5.26 Å². The largest absolute Gasteiger partial charge is 0.485 e. The molecule has 2 aromatic rings. The van der Waals surface area contributed by atoms with Gasteiger partial charge in [0.25, 0.3) is 0 Å². The summed E-state index contributed by atoms with van der Waals surface area (Å²) in [5.74, 6) is 0.519. The Morgan fingerprint density at radius 1 is 1.45 bits per heavy atom. The second-order valence-corrected chi connectivity index (χ2v) is 4.93. The van der Waals surface area contributed by atoms with Crippen LogP contribution >= 0.6 is 0 Å². The highest BCUT2D eigenvalue weighted by Crippen LogP contribution is 2.32. The van der Waals surface area contributed by atoms with Gasteiger partial charge in [-0.15, -0.1) is 0 Å². The number of nitrogens with zero attached hydrogens (tertiary/aromatic N) is 1. The maximum Gasteiger partial charge on any atom is 0.246 e. The molecule has 2 rings (SSSR count). The number of nitrogens with one attached hydrogen (secondary N) is 1. The van der Waals surface area contributed by atoms with Gasteiger partial charge in [0.2, 0.25) is 5.76 Å². The Bertz CT molecular complexity index is 626. The summed E-state index contributed by atoms with van der Waals surface area (Å²) in [6, 6.07) is 9.26. The van der Waals surface area contributed by atoms with Crippen molar-refractivity contribution in [2.75, 3.05) is 19.7 Å². The van der Waals surface area contributed by atoms with Crippen LogP contribution in [0.25, 0.3) is 11.0 Å². The van der Waals surface area contributed by atoms with E-state index in [4.69, 9.17) is 14.4 Å². The Morgan fingerprint density at radius 3 is 2.90 bits per heavy atom. The smallest absolute Gasteiger partial charge is 0.246 e. The molecule has 1 aromatic carbocycles. The van der Waals surface area contributed by atoms with Crippen molar-refractivity contribution in [3.63, 3.8) is 0 Å². The zero-order valence-electron chi connectivity index (χ0n) is 11.6. The Balaban J connectivity index is 2.19. The number of likely N-dealkylation sites (N-methyl/N-ethyl adjacent to an activating group) is 1. The predicted molar refractivity (Wildman–Crippen MR) is 75.6 cm³/mol. The molecule has 20 heavy (non-hydrogen) atoms. The van der Waals surface area contributed by atoms with Crippen molar-refractivity contribution >= 4 is 11.0 Å². The van der Waals surface area contributed by atoms with Crippen LogP contribution in [0, 0.1) is 11.3 Å². The Kier molecular flexibility index (Phi) is 4.28. The first kappa shape index (κ1) is 14.4. The summed E-state index contributed by atoms with van der Waals surface area (Å²) in [4.78, 5) is 0. The van der Waals surface area contributed by atoms with Gasteiger partial charge in [0.1, 0.15) is 23.9 Å². The highest BCUT2D eigenvalue weighted by Gasteiger charge is 2.23. The summed E-state index contributed by atoms with van der Waals surface area (Å²) in [6.45, 7) is 4.92. The number of furan rings is 1. The van der Waals surface area contributed by atoms with Crippen molar-refractivity contribution in [2.45, 2.75) is 19.4 Å². The molecule has 0 fully saturated rings. The van der Waals surface area contributed by atoms with Crippen LogP contribution in [0.1, 0.15) is 19.6 Å². The number of aliphatic hydroxyl groups is 1. The molecule has 0 bridgehead atoms. The Morgan fingerprint density at radius 2 is 2.20 bits per heavy atom. The van der Waals surface area contributed by atoms with Gasteiger partial charge in [0.05, 0.1) is 5.39 Å². The zero-order valence-corrected chi connectivity index (χ0v) is 11.6. The van der Waals surface area contributed by atoms with E-state index in [9.17, 15) is 5.11 Å². The molecule has 0 radical (unpaired) electrons. The molecule has 0 amide bonds. The van der Waals surface area contributed by atoms with Crippen LogP contribution < -0.4 is 10.1 Å². The molecule has 5 nitrogen and oxygen atoms in total. The van der Waals surface area contributed by atoms with E-state index in [1.54, 1.807) is 13.0 Å². The maximum absolute atomic E-state index is 10.2. The standard InChI is InChI=1S/C15H18N2O3/c1-3-17-9-15(2,18)10-19-14-11-6-4-5-7-12(11)20-13(14)8-16/h4-7,17-18H,3,9-10H2,1-2H3. The number of fused-ring (bicyclic) bond motifs is 1. The number of hydrogen-bond donors (Lipinski definition) is 2. The first-order valence-electron chi connectivity index (χ1n) is 6.55. The van der Waals surface area contributed by atoms with Gasteiger partial charge in [-0.1, -0.05) is 19.1 Å². The SMILES string of the molecule is CCNCC(C)(O)COc1c(C#N)oc2ccccc12. The van der Waals surface area contributed by atoms with Crippen LogP contribution in [-0.4, -0.2) is 30.4 Å². The van der Waals surface area contributed by atoms with E-state index < -0.39 is 5.60 Å². The molecule has 0 aliphatic heterocycles. The molecule has 0 saturated carbocycles. The van der Waals surface area contributed by atoms with Crippen LogP contribution in [0.4, 0.5) is 0 Å². The molecule has 1 atom stereocenters. The molecule has 5 heteroatoms. The van der Waals surface area contributed by atoms with E-state index in [2.05, 4.69) is 5.32 Å². The lowest BCUT2D eigenvalue weighted by molar-refractivity contribution is 0.0129. The number of rotatable bonds is 6. The van der Waals surface area contributed by atoms with E-state index in [0.717, 1.165) is 11.9 Å². The lowest BCUT2D eigenvalue weighted by Gasteiger charge is -2.23. The van der Waals surface area contributed by atoms with E-state index in [0.29, 0.717) is 17.9 Å². The lowest BCUT2D eigenvalue weighted by atomic mass is 10.1. The van der Waals surface area contributed by atoms with Crippen LogP contribution in [0.15, 0.2) is 28.7 Å². The summed E-state index contributed by atoms with van der Waals surface area (Å²) >= 11 is 0. The quantitative estimate of drug-likeness (QED) is 0.842. The number of nitriles is 1. The second kappa shape index (κ2) is 5.95. The van der Waals surface area contributed by atoms with Gasteiger partial charge in [-0.2, -0.15) is 5.26 Å². The first-order chi connectivity index (χ1) is 9.57. The van der Waals surface area contributed by atoms with Crippen molar-refractivity contribution in [3.05, 3.63) is 30.0 Å². The Hall–Kier alpha value is -2.03. The molecule has 1 heterocycles. The molecule has 0 aliphatic carbocycles. The molecule has 0 aliphatic rings. The normalized spacial score (nSPS) is 13.9. The molecule has 0 spiro atoms. The van der Waals surface area contributed by atoms with Crippen molar-refractivity contribution in [2.24, 2.45) is 0 Å². The fourth-order valence-electron chi connectivity index (χ4n) is 1.91. The second-order valence-electron chi connectivity index (χ2n) is 4.93. The minimum atomic E-state index is -1.01. The van der Waals surface area contributed by atoms with Gasteiger partial charge in [0.15, 0.2) is 5.75 Å². The van der Waals surface area contributed by atoms with Crippen molar-refractivity contribution in [3.8, 4) is 11.8 Å². The van der Waals surface area contributed by atoms with Gasteiger partial charge >= 0.3 is 0 Å². The third kappa shape index (κ3) is 3.10. The van der Waals surface area contributed by atoms with Gasteiger partial charge in [-0.05, 0) is 25.6 Å². The summed E-state index contributed by atoms with van der Waals surface area (Å²) < 4.78 is 11.0. The average Bonchev–Trinajstić information content (AvgIpc) is 2.81. The molecule has 106 valence electrons. The summed E-state index contributed by atoms with van der Waals surface area (Å²) in [6.07, 6.45) is 0. The number of ether oxygens (including phenoxy) is 1. The average molecular weight is 274 g/mol. The zero-order chi connectivity index (χ0) is 14.6. The Labute approximate surface area is 117 Å². The highest BCUT2D eigenvalue weighted by molar-refractivity contribution is 5.86. The molecular formula is C15H18N2O3. The van der Waals surface area contributed by atoms with Crippen molar-refractivity contribution < 1.29 is 14.3 Å². The minimum Gasteiger partial charge on any atom is -0.485 e. The van der Waals surface area contributed by atoms with Gasteiger partial charge in [-0.25, -0.2) is 0 Å². The van der Waals surface area contributed by atoms with Gasteiger partial charge < -0.3 is 19.6 Å². The number of para-hydroxylation sites is 1. The topological polar surface area (TPSA) is 78.4 Å². The predicted octanol–water partition coefficient (Wildman–Crippen LogP) is 2.04. The monoisotopic (exact) mass is 274 g/mol. The number of benzene rings is 1. The van der Waals surface area contributed by atoms with Gasteiger partial charge in [0, 0.05) is 6.54 Å². The van der Waals surface area contributed by atoms with Crippen LogP contribution in [0.5, 0.6) is 5.75 Å². The summed E-state index contributed by atoms with van der Waals surface area (Å²) in [5.41, 5.74) is -0.411. The van der Waals surface area contributed by atoms with Crippen molar-refractivity contribution in [1.82, 2.24) is 5.32 Å². The molecular weight excluding hydrogens is 256 g/mol. The third-order valence-electron chi connectivity index (χ3n) is 2.93. The molecule has 0 saturated heterocycles. The highest BCUT2D eigenvalue weighted by atomic mass is 16.5. The summed E-state index contributed by atoms with van der Waals surface area (Å²) in [7, 11) is 0. The number of hydrogen-bond acceptors (Lipinski definition) is 5. The summed E-state index contributed by atoms with van der Waals surface area (Å²) in [5, 5.41) is 23.1. The molecule has 1 unspecified atom stereocenters. The van der Waals surface area contributed by atoms with Crippen LogP contribution in [0.2, 0.25) is 0 Å². The third-order valence-corrected chi connectivity index (χ3v) is 2.93. The van der Waals surface area contributed by atoms with Gasteiger partial charge in [-0.3, -0.25) is 0 Å². The molecule has 1 aromatic heterocycles. The maximum atomic E-state index is 10.2.